The topological polar surface area (TPSA) is 73.0 Å². The number of carbonyl (C=O) groups is 1. The second kappa shape index (κ2) is 9.52. The molecular weight excluding hydrogens is 479 g/mol. The molecule has 0 bridgehead atoms. The summed E-state index contributed by atoms with van der Waals surface area (Å²) in [4.78, 5) is 17.3. The van der Waals surface area contributed by atoms with E-state index in [0.717, 1.165) is 27.6 Å². The molecule has 3 aromatic carbocycles. The molecule has 176 valence electrons. The molecule has 1 N–H and O–H groups in total. The fourth-order valence-electron chi connectivity index (χ4n) is 4.06. The van der Waals surface area contributed by atoms with Gasteiger partial charge in [0.25, 0.3) is 0 Å². The average molecular weight is 501 g/mol. The minimum atomic E-state index is -0.399. The number of cyclic esters (lactones) is 1. The zero-order valence-corrected chi connectivity index (χ0v) is 19.9. The molecular formula is C25H22Cl2N2O5. The Morgan fingerprint density at radius 1 is 1.00 bits per heavy atom. The number of halogens is 2. The van der Waals surface area contributed by atoms with Gasteiger partial charge in [0, 0.05) is 28.4 Å². The fraction of sp³-hybridized carbons (Fsp3) is 0.240. The highest BCUT2D eigenvalue weighted by Crippen LogP contribution is 2.36. The number of rotatable bonds is 8. The summed E-state index contributed by atoms with van der Waals surface area (Å²) in [6.45, 7) is 1.25. The third-order valence-corrected chi connectivity index (χ3v) is 6.41. The first-order valence-electron chi connectivity index (χ1n) is 10.8. The van der Waals surface area contributed by atoms with Gasteiger partial charge in [-0.2, -0.15) is 0 Å². The monoisotopic (exact) mass is 500 g/mol. The van der Waals surface area contributed by atoms with Gasteiger partial charge >= 0.3 is 6.09 Å². The second-order valence-electron chi connectivity index (χ2n) is 7.88. The summed E-state index contributed by atoms with van der Waals surface area (Å²) in [6.07, 6.45) is -0.781. The van der Waals surface area contributed by atoms with Crippen LogP contribution in [0.4, 0.5) is 4.79 Å². The Balaban J connectivity index is 1.19. The van der Waals surface area contributed by atoms with Crippen molar-refractivity contribution in [3.05, 3.63) is 64.6 Å². The maximum absolute atomic E-state index is 12.3. The maximum Gasteiger partial charge on any atom is 0.410 e. The van der Waals surface area contributed by atoms with Gasteiger partial charge in [0.05, 0.1) is 35.8 Å². The number of aromatic amines is 1. The van der Waals surface area contributed by atoms with Crippen LogP contribution in [0.25, 0.3) is 21.8 Å². The van der Waals surface area contributed by atoms with Crippen molar-refractivity contribution in [1.82, 2.24) is 9.88 Å². The van der Waals surface area contributed by atoms with Crippen LogP contribution >= 0.6 is 23.2 Å². The maximum atomic E-state index is 12.3. The summed E-state index contributed by atoms with van der Waals surface area (Å²) in [5.74, 6) is 1.67. The Morgan fingerprint density at radius 2 is 1.76 bits per heavy atom. The van der Waals surface area contributed by atoms with Crippen molar-refractivity contribution in [2.24, 2.45) is 0 Å². The molecule has 2 heterocycles. The molecule has 7 nitrogen and oxygen atoms in total. The predicted octanol–water partition coefficient (Wildman–Crippen LogP) is 5.92. The Kier molecular flexibility index (Phi) is 6.30. The van der Waals surface area contributed by atoms with Crippen molar-refractivity contribution in [2.45, 2.75) is 6.10 Å². The second-order valence-corrected chi connectivity index (χ2v) is 8.69. The number of hydrogen-bond acceptors (Lipinski definition) is 5. The summed E-state index contributed by atoms with van der Waals surface area (Å²) >= 11 is 12.1. The third kappa shape index (κ3) is 4.41. The molecule has 0 saturated carbocycles. The Morgan fingerprint density at radius 3 is 2.59 bits per heavy atom. The number of nitrogens with zero attached hydrogens (tertiary/aromatic N) is 1. The van der Waals surface area contributed by atoms with Gasteiger partial charge in [-0.3, -0.25) is 0 Å². The molecule has 1 fully saturated rings. The molecule has 0 spiro atoms. The van der Waals surface area contributed by atoms with Crippen LogP contribution in [0, 0.1) is 0 Å². The SMILES string of the molecule is COc1cc(Cl)c(Cl)cc1OCCN1CC(COc2cccc3[nH]c4ccccc4c23)OC1=O. The number of ether oxygens (including phenoxy) is 4. The lowest BCUT2D eigenvalue weighted by atomic mass is 10.1. The van der Waals surface area contributed by atoms with E-state index in [4.69, 9.17) is 42.1 Å². The van der Waals surface area contributed by atoms with E-state index in [2.05, 4.69) is 11.1 Å². The first kappa shape index (κ1) is 22.5. The van der Waals surface area contributed by atoms with E-state index in [9.17, 15) is 4.79 Å². The first-order chi connectivity index (χ1) is 16.5. The lowest BCUT2D eigenvalue weighted by Crippen LogP contribution is -2.30. The standard InChI is InChI=1S/C25H22Cl2N2O5/c1-31-22-11-17(26)18(27)12-23(22)32-10-9-29-13-15(34-25(29)30)14-33-21-8-4-7-20-24(21)16-5-2-3-6-19(16)28-20/h2-8,11-12,15,28H,9-10,13-14H2,1H3. The number of para-hydroxylation sites is 1. The van der Waals surface area contributed by atoms with Gasteiger partial charge in [0.15, 0.2) is 17.6 Å². The quantitative estimate of drug-likeness (QED) is 0.325. The van der Waals surface area contributed by atoms with Gasteiger partial charge in [-0.1, -0.05) is 47.5 Å². The summed E-state index contributed by atoms with van der Waals surface area (Å²) in [5, 5.41) is 2.84. The van der Waals surface area contributed by atoms with Crippen molar-refractivity contribution in [1.29, 1.82) is 0 Å². The average Bonchev–Trinajstić information content (AvgIpc) is 3.40. The number of amides is 1. The van der Waals surface area contributed by atoms with Crippen LogP contribution in [0.15, 0.2) is 54.6 Å². The molecule has 1 saturated heterocycles. The van der Waals surface area contributed by atoms with Crippen molar-refractivity contribution >= 4 is 51.1 Å². The molecule has 5 rings (SSSR count). The lowest BCUT2D eigenvalue weighted by Gasteiger charge is -2.16. The van der Waals surface area contributed by atoms with E-state index in [1.165, 1.54) is 7.11 Å². The molecule has 1 amide bonds. The molecule has 1 aliphatic heterocycles. The van der Waals surface area contributed by atoms with Crippen molar-refractivity contribution < 1.29 is 23.7 Å². The fourth-order valence-corrected chi connectivity index (χ4v) is 4.37. The molecule has 34 heavy (non-hydrogen) atoms. The first-order valence-corrected chi connectivity index (χ1v) is 11.5. The smallest absolute Gasteiger partial charge is 0.410 e. The molecule has 1 aliphatic rings. The largest absolute Gasteiger partial charge is 0.493 e. The van der Waals surface area contributed by atoms with Gasteiger partial charge in [-0.25, -0.2) is 4.79 Å². The predicted molar refractivity (Wildman–Crippen MR) is 132 cm³/mol. The molecule has 1 atom stereocenters. The summed E-state index contributed by atoms with van der Waals surface area (Å²) < 4.78 is 22.6. The van der Waals surface area contributed by atoms with Gasteiger partial charge in [-0.05, 0) is 18.2 Å². The Labute approximate surface area is 206 Å². The van der Waals surface area contributed by atoms with Crippen molar-refractivity contribution in [2.75, 3.05) is 33.4 Å². The van der Waals surface area contributed by atoms with Crippen LogP contribution in [0.3, 0.4) is 0 Å². The number of methoxy groups -OCH3 is 1. The summed E-state index contributed by atoms with van der Waals surface area (Å²) in [5.41, 5.74) is 2.05. The van der Waals surface area contributed by atoms with Gasteiger partial charge in [0.1, 0.15) is 19.0 Å². The van der Waals surface area contributed by atoms with Gasteiger partial charge in [-0.15, -0.1) is 0 Å². The Hall–Kier alpha value is -3.29. The number of aromatic nitrogens is 1. The van der Waals surface area contributed by atoms with Crippen molar-refractivity contribution in [3.63, 3.8) is 0 Å². The van der Waals surface area contributed by atoms with E-state index in [0.29, 0.717) is 34.6 Å². The number of benzene rings is 3. The van der Waals surface area contributed by atoms with E-state index in [-0.39, 0.29) is 19.3 Å². The number of hydrogen-bond donors (Lipinski definition) is 1. The molecule has 0 radical (unpaired) electrons. The molecule has 4 aromatic rings. The number of H-pyrrole nitrogens is 1. The van der Waals surface area contributed by atoms with E-state index < -0.39 is 6.09 Å². The van der Waals surface area contributed by atoms with Crippen molar-refractivity contribution in [3.8, 4) is 17.2 Å². The normalized spacial score (nSPS) is 15.7. The van der Waals surface area contributed by atoms with E-state index in [1.54, 1.807) is 17.0 Å². The molecule has 1 unspecified atom stereocenters. The van der Waals surface area contributed by atoms with Crippen LogP contribution in [-0.4, -0.2) is 55.5 Å². The van der Waals surface area contributed by atoms with Crippen LogP contribution < -0.4 is 14.2 Å². The zero-order chi connectivity index (χ0) is 23.7. The highest BCUT2D eigenvalue weighted by molar-refractivity contribution is 6.42. The third-order valence-electron chi connectivity index (χ3n) is 5.69. The van der Waals surface area contributed by atoms with Gasteiger partial charge < -0.3 is 28.8 Å². The van der Waals surface area contributed by atoms with Crippen LogP contribution in [0.1, 0.15) is 0 Å². The molecule has 9 heteroatoms. The number of nitrogens with one attached hydrogen (secondary N) is 1. The summed E-state index contributed by atoms with van der Waals surface area (Å²) in [7, 11) is 1.52. The summed E-state index contributed by atoms with van der Waals surface area (Å²) in [6, 6.07) is 17.1. The van der Waals surface area contributed by atoms with Crippen LogP contribution in [0.2, 0.25) is 10.0 Å². The highest BCUT2D eigenvalue weighted by Gasteiger charge is 2.31. The van der Waals surface area contributed by atoms with E-state index in [1.807, 2.05) is 36.4 Å². The number of fused-ring (bicyclic) bond motifs is 3. The Bertz CT molecular complexity index is 1360. The van der Waals surface area contributed by atoms with E-state index >= 15 is 0 Å². The highest BCUT2D eigenvalue weighted by atomic mass is 35.5. The van der Waals surface area contributed by atoms with Crippen LogP contribution in [0.5, 0.6) is 17.2 Å². The van der Waals surface area contributed by atoms with Crippen LogP contribution in [-0.2, 0) is 4.74 Å². The molecule has 0 aliphatic carbocycles. The zero-order valence-electron chi connectivity index (χ0n) is 18.3. The minimum absolute atomic E-state index is 0.242. The van der Waals surface area contributed by atoms with Gasteiger partial charge in [0.2, 0.25) is 0 Å². The minimum Gasteiger partial charge on any atom is -0.493 e. The molecule has 1 aromatic heterocycles. The lowest BCUT2D eigenvalue weighted by molar-refractivity contribution is 0.103. The number of carbonyl (C=O) groups excluding carboxylic acids is 1.